The first kappa shape index (κ1) is 33.5. The lowest BCUT2D eigenvalue weighted by molar-refractivity contribution is -0.152. The fourth-order valence-corrected chi connectivity index (χ4v) is 4.78. The highest BCUT2D eigenvalue weighted by Crippen LogP contribution is 2.28. The maximum Gasteiger partial charge on any atom is 0.310 e. The standard InChI is InChI=1S/C32H52O6/c1-23(2)10-7-11-24(3)12-8-13-25(4)14-9-15-26(5)18-19-38-32(36)28(22-31(34)35)20-27-16-17-29(33)30(21-27)37-6/h16-18,21,23-25,28,33H,7-15,19-20,22H2,1-6H3,(H,34,35)/b26-18+/t24-,25-,28?/m1/s1. The zero-order valence-electron chi connectivity index (χ0n) is 24.6. The van der Waals surface area contributed by atoms with Crippen LogP contribution in [0.5, 0.6) is 11.5 Å². The molecule has 0 fully saturated rings. The van der Waals surface area contributed by atoms with Crippen LogP contribution in [0, 0.1) is 23.7 Å². The summed E-state index contributed by atoms with van der Waals surface area (Å²) in [5.41, 5.74) is 1.88. The van der Waals surface area contributed by atoms with Crippen LogP contribution in [0.25, 0.3) is 0 Å². The van der Waals surface area contributed by atoms with Crippen LogP contribution in [-0.2, 0) is 20.7 Å². The summed E-state index contributed by atoms with van der Waals surface area (Å²) in [7, 11) is 1.44. The summed E-state index contributed by atoms with van der Waals surface area (Å²) in [6, 6.07) is 4.73. The topological polar surface area (TPSA) is 93.1 Å². The van der Waals surface area contributed by atoms with Crippen molar-refractivity contribution in [1.82, 2.24) is 0 Å². The van der Waals surface area contributed by atoms with E-state index in [1.54, 1.807) is 12.1 Å². The quantitative estimate of drug-likeness (QED) is 0.131. The number of phenolic OH excluding ortho intramolecular Hbond substituents is 1. The number of carboxylic acids is 1. The van der Waals surface area contributed by atoms with Crippen LogP contribution in [0.3, 0.4) is 0 Å². The van der Waals surface area contributed by atoms with E-state index in [-0.39, 0.29) is 30.9 Å². The summed E-state index contributed by atoms with van der Waals surface area (Å²) in [4.78, 5) is 23.9. The molecule has 3 atom stereocenters. The van der Waals surface area contributed by atoms with Gasteiger partial charge in [-0.3, -0.25) is 9.59 Å². The van der Waals surface area contributed by atoms with Gasteiger partial charge in [0.1, 0.15) is 6.61 Å². The Hall–Kier alpha value is -2.50. The number of carboxylic acid groups (broad SMARTS) is 1. The normalized spacial score (nSPS) is 14.2. The lowest BCUT2D eigenvalue weighted by Gasteiger charge is -2.15. The van der Waals surface area contributed by atoms with Gasteiger partial charge in [0.2, 0.25) is 0 Å². The Balaban J connectivity index is 2.37. The van der Waals surface area contributed by atoms with Gasteiger partial charge in [0.05, 0.1) is 19.4 Å². The van der Waals surface area contributed by atoms with Gasteiger partial charge >= 0.3 is 11.9 Å². The second-order valence-corrected chi connectivity index (χ2v) is 11.5. The number of aliphatic carboxylic acids is 1. The molecule has 0 radical (unpaired) electrons. The van der Waals surface area contributed by atoms with Crippen molar-refractivity contribution in [3.05, 3.63) is 35.4 Å². The minimum absolute atomic E-state index is 0.00858. The number of carbonyl (C=O) groups excluding carboxylic acids is 1. The first-order chi connectivity index (χ1) is 18.0. The van der Waals surface area contributed by atoms with Crippen molar-refractivity contribution in [2.75, 3.05) is 13.7 Å². The van der Waals surface area contributed by atoms with Crippen LogP contribution in [0.15, 0.2) is 29.8 Å². The highest BCUT2D eigenvalue weighted by atomic mass is 16.5. The van der Waals surface area contributed by atoms with E-state index in [9.17, 15) is 19.8 Å². The van der Waals surface area contributed by atoms with Gasteiger partial charge in [-0.05, 0) is 67.7 Å². The number of benzene rings is 1. The zero-order valence-corrected chi connectivity index (χ0v) is 24.6. The van der Waals surface area contributed by atoms with Crippen LogP contribution in [0.2, 0.25) is 0 Å². The van der Waals surface area contributed by atoms with Crippen molar-refractivity contribution in [2.24, 2.45) is 23.7 Å². The van der Waals surface area contributed by atoms with Crippen molar-refractivity contribution >= 4 is 11.9 Å². The van der Waals surface area contributed by atoms with Crippen LogP contribution in [-0.4, -0.2) is 35.9 Å². The number of methoxy groups -OCH3 is 1. The van der Waals surface area contributed by atoms with E-state index >= 15 is 0 Å². The molecule has 0 heterocycles. The summed E-state index contributed by atoms with van der Waals surface area (Å²) in [5, 5.41) is 19.0. The predicted molar refractivity (Wildman–Crippen MR) is 154 cm³/mol. The third-order valence-electron chi connectivity index (χ3n) is 7.28. The van der Waals surface area contributed by atoms with Gasteiger partial charge in [-0.15, -0.1) is 0 Å². The monoisotopic (exact) mass is 532 g/mol. The summed E-state index contributed by atoms with van der Waals surface area (Å²) in [6.07, 6.45) is 13.0. The second kappa shape index (κ2) is 18.7. The number of aromatic hydroxyl groups is 1. The van der Waals surface area contributed by atoms with Crippen molar-refractivity contribution in [3.8, 4) is 11.5 Å². The van der Waals surface area contributed by atoms with Crippen LogP contribution in [0.4, 0.5) is 0 Å². The maximum absolute atomic E-state index is 12.6. The van der Waals surface area contributed by atoms with Crippen LogP contribution < -0.4 is 4.74 Å². The highest BCUT2D eigenvalue weighted by molar-refractivity contribution is 5.79. The molecule has 2 N–H and O–H groups in total. The van der Waals surface area contributed by atoms with E-state index in [2.05, 4.69) is 34.6 Å². The molecular weight excluding hydrogens is 480 g/mol. The average molecular weight is 533 g/mol. The van der Waals surface area contributed by atoms with Gasteiger partial charge in [0, 0.05) is 0 Å². The van der Waals surface area contributed by atoms with Gasteiger partial charge in [-0.2, -0.15) is 0 Å². The molecule has 1 rings (SSSR count). The number of phenols is 1. The van der Waals surface area contributed by atoms with E-state index in [1.165, 1.54) is 63.7 Å². The van der Waals surface area contributed by atoms with Gasteiger partial charge in [-0.25, -0.2) is 0 Å². The number of rotatable bonds is 20. The van der Waals surface area contributed by atoms with Crippen molar-refractivity contribution in [3.63, 3.8) is 0 Å². The molecule has 0 saturated carbocycles. The Morgan fingerprint density at radius 2 is 1.55 bits per heavy atom. The molecule has 6 nitrogen and oxygen atoms in total. The SMILES string of the molecule is COc1cc(CC(CC(=O)O)C(=O)OC/C=C(\C)CCC[C@H](C)CCC[C@H](C)CCCC(C)C)ccc1O. The van der Waals surface area contributed by atoms with E-state index in [0.717, 1.165) is 30.6 Å². The Morgan fingerprint density at radius 1 is 0.947 bits per heavy atom. The first-order valence-electron chi connectivity index (χ1n) is 14.4. The van der Waals surface area contributed by atoms with Crippen molar-refractivity contribution < 1.29 is 29.3 Å². The molecule has 0 amide bonds. The molecule has 1 unspecified atom stereocenters. The van der Waals surface area contributed by atoms with Gasteiger partial charge in [-0.1, -0.05) is 84.3 Å². The Labute approximate surface area is 230 Å². The Kier molecular flexibility index (Phi) is 16.5. The fourth-order valence-electron chi connectivity index (χ4n) is 4.78. The molecule has 0 spiro atoms. The largest absolute Gasteiger partial charge is 0.504 e. The minimum Gasteiger partial charge on any atom is -0.504 e. The van der Waals surface area contributed by atoms with E-state index in [0.29, 0.717) is 5.56 Å². The smallest absolute Gasteiger partial charge is 0.310 e. The third-order valence-corrected chi connectivity index (χ3v) is 7.28. The minimum atomic E-state index is -1.06. The number of allylic oxidation sites excluding steroid dienone is 1. The molecule has 216 valence electrons. The number of ether oxygens (including phenoxy) is 2. The molecule has 1 aromatic rings. The first-order valence-corrected chi connectivity index (χ1v) is 14.4. The number of esters is 1. The zero-order chi connectivity index (χ0) is 28.5. The lowest BCUT2D eigenvalue weighted by Crippen LogP contribution is -2.23. The van der Waals surface area contributed by atoms with Crippen LogP contribution >= 0.6 is 0 Å². The fraction of sp³-hybridized carbons (Fsp3) is 0.688. The molecule has 6 heteroatoms. The molecule has 0 bridgehead atoms. The summed E-state index contributed by atoms with van der Waals surface area (Å²) in [5.74, 6) is 0.230. The number of carbonyl (C=O) groups is 2. The average Bonchev–Trinajstić information content (AvgIpc) is 2.84. The van der Waals surface area contributed by atoms with Crippen molar-refractivity contribution in [2.45, 2.75) is 105 Å². The number of hydrogen-bond donors (Lipinski definition) is 2. The summed E-state index contributed by atoms with van der Waals surface area (Å²) in [6.45, 7) is 11.5. The molecule has 38 heavy (non-hydrogen) atoms. The Bertz CT molecular complexity index is 860. The van der Waals surface area contributed by atoms with Gasteiger partial charge in [0.15, 0.2) is 11.5 Å². The van der Waals surface area contributed by atoms with E-state index < -0.39 is 17.9 Å². The molecule has 0 aliphatic carbocycles. The second-order valence-electron chi connectivity index (χ2n) is 11.5. The van der Waals surface area contributed by atoms with E-state index in [1.807, 2.05) is 6.08 Å². The van der Waals surface area contributed by atoms with Gasteiger partial charge in [0.25, 0.3) is 0 Å². The molecule has 0 aliphatic heterocycles. The van der Waals surface area contributed by atoms with E-state index in [4.69, 9.17) is 9.47 Å². The third kappa shape index (κ3) is 15.0. The highest BCUT2D eigenvalue weighted by Gasteiger charge is 2.24. The summed E-state index contributed by atoms with van der Waals surface area (Å²) >= 11 is 0. The molecule has 0 aliphatic rings. The number of hydrogen-bond acceptors (Lipinski definition) is 5. The van der Waals surface area contributed by atoms with Gasteiger partial charge < -0.3 is 19.7 Å². The predicted octanol–water partition coefficient (Wildman–Crippen LogP) is 7.96. The lowest BCUT2D eigenvalue weighted by atomic mass is 9.91. The molecular formula is C32H52O6. The maximum atomic E-state index is 12.6. The molecule has 0 aromatic heterocycles. The Morgan fingerprint density at radius 3 is 2.13 bits per heavy atom. The van der Waals surface area contributed by atoms with Crippen molar-refractivity contribution in [1.29, 1.82) is 0 Å². The van der Waals surface area contributed by atoms with Crippen LogP contribution in [0.1, 0.15) is 104 Å². The molecule has 1 aromatic carbocycles. The molecule has 0 saturated heterocycles. The summed E-state index contributed by atoms with van der Waals surface area (Å²) < 4.78 is 10.5.